The summed E-state index contributed by atoms with van der Waals surface area (Å²) in [7, 11) is 5.19. The van der Waals surface area contributed by atoms with Crippen molar-refractivity contribution in [1.82, 2.24) is 4.90 Å². The van der Waals surface area contributed by atoms with E-state index >= 15 is 0 Å². The molecule has 4 N–H and O–H groups in total. The highest BCUT2D eigenvalue weighted by atomic mass is 16.7. The highest BCUT2D eigenvalue weighted by Crippen LogP contribution is 2.41. The van der Waals surface area contributed by atoms with Gasteiger partial charge in [0.2, 0.25) is 0 Å². The number of carbonyl (C=O) groups is 3. The topological polar surface area (TPSA) is 200 Å². The Hall–Kier alpha value is -1.79. The molecule has 3 aliphatic rings. The van der Waals surface area contributed by atoms with Crippen molar-refractivity contribution in [2.24, 2.45) is 23.7 Å². The van der Waals surface area contributed by atoms with Gasteiger partial charge in [0, 0.05) is 38.2 Å². The van der Waals surface area contributed by atoms with Crippen molar-refractivity contribution in [3.63, 3.8) is 0 Å². The Bertz CT molecular complexity index is 1280. The zero-order valence-electron chi connectivity index (χ0n) is 34.8. The zero-order chi connectivity index (χ0) is 41.2. The molecule has 54 heavy (non-hydrogen) atoms. The predicted octanol–water partition coefficient (Wildman–Crippen LogP) is 2.36. The van der Waals surface area contributed by atoms with Gasteiger partial charge in [0.15, 0.2) is 18.7 Å². The van der Waals surface area contributed by atoms with Crippen LogP contribution in [-0.2, 0) is 47.5 Å². The summed E-state index contributed by atoms with van der Waals surface area (Å²) >= 11 is 0. The lowest BCUT2D eigenvalue weighted by Crippen LogP contribution is -2.61. The maximum atomic E-state index is 14.2. The average molecular weight is 776 g/mol. The van der Waals surface area contributed by atoms with E-state index in [1.165, 1.54) is 34.8 Å². The van der Waals surface area contributed by atoms with Crippen LogP contribution in [0.2, 0.25) is 0 Å². The number of esters is 2. The molecule has 18 atom stereocenters. The predicted molar refractivity (Wildman–Crippen MR) is 196 cm³/mol. The minimum absolute atomic E-state index is 0.0755. The van der Waals surface area contributed by atoms with Crippen LogP contribution in [0, 0.1) is 23.7 Å². The molecular weight excluding hydrogens is 706 g/mol. The van der Waals surface area contributed by atoms with Crippen molar-refractivity contribution in [1.29, 1.82) is 0 Å². The fraction of sp³-hybridized carbons (Fsp3) is 0.923. The molecule has 0 aromatic rings. The first-order valence-electron chi connectivity index (χ1n) is 19.4. The van der Waals surface area contributed by atoms with Gasteiger partial charge in [-0.3, -0.25) is 14.4 Å². The molecule has 0 spiro atoms. The summed E-state index contributed by atoms with van der Waals surface area (Å²) in [5, 5.41) is 46.5. The number of hydrogen-bond donors (Lipinski definition) is 4. The molecule has 0 aromatic carbocycles. The van der Waals surface area contributed by atoms with Gasteiger partial charge in [0.05, 0.1) is 53.7 Å². The molecule has 0 radical (unpaired) electrons. The first-order chi connectivity index (χ1) is 24.8. The molecule has 15 heteroatoms. The average Bonchev–Trinajstić information content (AvgIpc) is 3.08. The number of methoxy groups -OCH3 is 1. The monoisotopic (exact) mass is 775 g/mol. The maximum Gasteiger partial charge on any atom is 0.311 e. The lowest BCUT2D eigenvalue weighted by Gasteiger charge is -2.49. The first-order valence-corrected chi connectivity index (χ1v) is 19.4. The van der Waals surface area contributed by atoms with Crippen molar-refractivity contribution in [2.75, 3.05) is 21.2 Å². The van der Waals surface area contributed by atoms with E-state index in [0.29, 0.717) is 6.42 Å². The Labute approximate surface area is 321 Å². The third-order valence-corrected chi connectivity index (χ3v) is 12.1. The second-order valence-electron chi connectivity index (χ2n) is 17.1. The number of ketones is 1. The van der Waals surface area contributed by atoms with Gasteiger partial charge in [0.1, 0.15) is 23.6 Å². The van der Waals surface area contributed by atoms with Gasteiger partial charge in [-0.1, -0.05) is 27.7 Å². The summed E-state index contributed by atoms with van der Waals surface area (Å²) in [4.78, 5) is 42.4. The number of Topliss-reactive ketones (excluding diaryl/α,β-unsaturated/α-hetero) is 1. The first kappa shape index (κ1) is 46.6. The van der Waals surface area contributed by atoms with Crippen LogP contribution in [0.3, 0.4) is 0 Å². The second-order valence-corrected chi connectivity index (χ2v) is 17.1. The number of ether oxygens (including phenoxy) is 7. The van der Waals surface area contributed by atoms with Crippen LogP contribution >= 0.6 is 0 Å². The molecule has 3 aliphatic heterocycles. The van der Waals surface area contributed by atoms with Crippen molar-refractivity contribution in [3.8, 4) is 0 Å². The van der Waals surface area contributed by atoms with E-state index < -0.39 is 114 Å². The van der Waals surface area contributed by atoms with E-state index in [4.69, 9.17) is 33.2 Å². The molecule has 15 nitrogen and oxygen atoms in total. The van der Waals surface area contributed by atoms with Crippen LogP contribution in [0.1, 0.15) is 102 Å². The van der Waals surface area contributed by atoms with Gasteiger partial charge in [-0.25, -0.2) is 0 Å². The minimum atomic E-state index is -2.01. The van der Waals surface area contributed by atoms with E-state index in [1.807, 2.05) is 25.9 Å². The molecule has 0 aliphatic carbocycles. The molecule has 3 heterocycles. The van der Waals surface area contributed by atoms with E-state index in [0.717, 1.165) is 0 Å². The molecular formula is C39H69NO14. The Balaban J connectivity index is 2.23. The van der Waals surface area contributed by atoms with Gasteiger partial charge in [-0.05, 0) is 74.9 Å². The maximum absolute atomic E-state index is 14.2. The Morgan fingerprint density at radius 3 is 2.06 bits per heavy atom. The fourth-order valence-corrected chi connectivity index (χ4v) is 8.71. The number of carbonyl (C=O) groups excluding carboxylic acids is 3. The summed E-state index contributed by atoms with van der Waals surface area (Å²) < 4.78 is 43.3. The summed E-state index contributed by atoms with van der Waals surface area (Å²) in [5.41, 5.74) is -4.92. The third kappa shape index (κ3) is 10.2. The number of aliphatic hydroxyl groups excluding tert-OH is 2. The zero-order valence-corrected chi connectivity index (χ0v) is 34.8. The Morgan fingerprint density at radius 1 is 0.907 bits per heavy atom. The fourth-order valence-electron chi connectivity index (χ4n) is 8.71. The molecule has 3 rings (SSSR count). The molecule has 3 fully saturated rings. The lowest BCUT2D eigenvalue weighted by molar-refractivity contribution is -0.318. The Kier molecular flexibility index (Phi) is 15.7. The highest BCUT2D eigenvalue weighted by Gasteiger charge is 2.54. The summed E-state index contributed by atoms with van der Waals surface area (Å²) in [6.45, 7) is 17.6. The van der Waals surface area contributed by atoms with Gasteiger partial charge < -0.3 is 58.5 Å². The van der Waals surface area contributed by atoms with Gasteiger partial charge in [-0.2, -0.15) is 0 Å². The standard InChI is InChI=1S/C39H69NO14/c1-15-27-39(11,47)32(43)21(4)29(42)19(2)17-37(9,46)34(54-36-31(51-25(8)41)26(40(12)13)16-20(3)49-36)22(5)30(23(6)35(45)52-27)53-28-18-38(10,48-14)33(44)24(7)50-28/h19-24,26-28,30-34,36,43-44,46-47H,15-18H2,1-14H3/t19-,20-,21+,22+,23-,24+,26+,27-,28+,30+,31-,32-,33+,34-,36+,37+,38-,39-/m1/s1. The molecule has 0 amide bonds. The number of nitrogens with zero attached hydrogens (tertiary/aromatic N) is 1. The SMILES string of the molecule is CC[C@H]1OC(=O)[C@H](C)[C@@H](O[C@H]2C[C@@](C)(OC)[C@@H](O)[C@H](C)O2)[C@H](C)[C@@H](O[C@@H]2O[C@H](C)C[C@H](N(C)C)[C@H]2OC(C)=O)[C@@](C)(O)C[C@@H](C)C(=O)[C@H](C)[C@@H](O)[C@]1(C)O. The van der Waals surface area contributed by atoms with Crippen LogP contribution in [-0.4, -0.2) is 149 Å². The molecule has 0 saturated carbocycles. The van der Waals surface area contributed by atoms with Crippen molar-refractivity contribution in [3.05, 3.63) is 0 Å². The van der Waals surface area contributed by atoms with E-state index in [-0.39, 0.29) is 31.4 Å². The Morgan fingerprint density at radius 2 is 1.52 bits per heavy atom. The van der Waals surface area contributed by atoms with Crippen LogP contribution in [0.15, 0.2) is 0 Å². The van der Waals surface area contributed by atoms with Crippen LogP contribution in [0.4, 0.5) is 0 Å². The van der Waals surface area contributed by atoms with Gasteiger partial charge in [-0.15, -0.1) is 0 Å². The van der Waals surface area contributed by atoms with Crippen molar-refractivity contribution in [2.45, 2.75) is 186 Å². The number of likely N-dealkylation sites (N-methyl/N-ethyl adjacent to an activating group) is 1. The van der Waals surface area contributed by atoms with Crippen LogP contribution < -0.4 is 0 Å². The van der Waals surface area contributed by atoms with E-state index in [1.54, 1.807) is 41.5 Å². The van der Waals surface area contributed by atoms with Crippen LogP contribution in [0.25, 0.3) is 0 Å². The number of rotatable bonds is 8. The van der Waals surface area contributed by atoms with Crippen molar-refractivity contribution >= 4 is 17.7 Å². The normalized spacial score (nSPS) is 47.5. The van der Waals surface area contributed by atoms with Crippen LogP contribution in [0.5, 0.6) is 0 Å². The largest absolute Gasteiger partial charge is 0.459 e. The number of aliphatic hydroxyl groups is 4. The summed E-state index contributed by atoms with van der Waals surface area (Å²) in [5.74, 6) is -5.68. The summed E-state index contributed by atoms with van der Waals surface area (Å²) in [6, 6.07) is -0.320. The molecule has 3 saturated heterocycles. The summed E-state index contributed by atoms with van der Waals surface area (Å²) in [6.07, 6.45) is -9.80. The van der Waals surface area contributed by atoms with Crippen molar-refractivity contribution < 1.29 is 68.0 Å². The smallest absolute Gasteiger partial charge is 0.311 e. The minimum Gasteiger partial charge on any atom is -0.459 e. The lowest BCUT2D eigenvalue weighted by atomic mass is 9.74. The van der Waals surface area contributed by atoms with Gasteiger partial charge in [0.25, 0.3) is 0 Å². The molecule has 0 unspecified atom stereocenters. The molecule has 0 aromatic heterocycles. The highest BCUT2D eigenvalue weighted by molar-refractivity contribution is 5.83. The second kappa shape index (κ2) is 18.2. The molecule has 0 bridgehead atoms. The quantitative estimate of drug-likeness (QED) is 0.262. The molecule has 314 valence electrons. The van der Waals surface area contributed by atoms with Gasteiger partial charge >= 0.3 is 11.9 Å². The number of hydrogen-bond acceptors (Lipinski definition) is 15. The number of cyclic esters (lactones) is 1. The third-order valence-electron chi connectivity index (χ3n) is 12.1. The van der Waals surface area contributed by atoms with E-state index in [2.05, 4.69) is 0 Å². The van der Waals surface area contributed by atoms with E-state index in [9.17, 15) is 34.8 Å².